The molecule has 0 bridgehead atoms. The number of phosphoric acid groups is 1. The van der Waals surface area contributed by atoms with Gasteiger partial charge in [0, 0.05) is 12.6 Å². The van der Waals surface area contributed by atoms with Crippen LogP contribution in [0, 0.1) is 0 Å². The number of nitrogens with zero attached hydrogens (tertiary/aromatic N) is 1. The number of nitrogens with one attached hydrogen (secondary N) is 1. The molecule has 1 aromatic heterocycles. The van der Waals surface area contributed by atoms with Gasteiger partial charge in [0.2, 0.25) is 5.91 Å². The van der Waals surface area contributed by atoms with Crippen molar-refractivity contribution in [2.45, 2.75) is 116 Å². The summed E-state index contributed by atoms with van der Waals surface area (Å²) in [6.07, 6.45) is 22.6. The highest BCUT2D eigenvalue weighted by atomic mass is 31.2. The molecule has 0 radical (unpaired) electrons. The first-order valence-corrected chi connectivity index (χ1v) is 17.1. The van der Waals surface area contributed by atoms with E-state index >= 15 is 0 Å². The molecule has 0 saturated heterocycles. The van der Waals surface area contributed by atoms with Gasteiger partial charge < -0.3 is 19.8 Å². The lowest BCUT2D eigenvalue weighted by molar-refractivity contribution is -0.122. The molecule has 0 aliphatic carbocycles. The summed E-state index contributed by atoms with van der Waals surface area (Å²) in [5, 5.41) is 2.89. The molecule has 0 aliphatic heterocycles. The van der Waals surface area contributed by atoms with Crippen LogP contribution in [0.2, 0.25) is 0 Å². The number of allylic oxidation sites excluding steroid dienone is 2. The van der Waals surface area contributed by atoms with Crippen LogP contribution in [0.5, 0.6) is 5.75 Å². The van der Waals surface area contributed by atoms with Gasteiger partial charge in [0.1, 0.15) is 12.4 Å². The van der Waals surface area contributed by atoms with Gasteiger partial charge in [-0.3, -0.25) is 14.3 Å². The highest BCUT2D eigenvalue weighted by molar-refractivity contribution is 7.46. The number of phosphoric ester groups is 1. The molecule has 2 aromatic rings. The molecule has 0 spiro atoms. The van der Waals surface area contributed by atoms with Crippen molar-refractivity contribution in [3.05, 3.63) is 72.1 Å². The van der Waals surface area contributed by atoms with Gasteiger partial charge in [-0.15, -0.1) is 0 Å². The van der Waals surface area contributed by atoms with E-state index in [0.29, 0.717) is 25.2 Å². The third kappa shape index (κ3) is 18.8. The summed E-state index contributed by atoms with van der Waals surface area (Å²) < 4.78 is 21.8. The number of pyridine rings is 1. The molecule has 1 amide bonds. The van der Waals surface area contributed by atoms with Gasteiger partial charge in [-0.25, -0.2) is 4.57 Å². The molecule has 0 unspecified atom stereocenters. The van der Waals surface area contributed by atoms with Crippen LogP contribution < -0.4 is 10.1 Å². The number of benzene rings is 1. The van der Waals surface area contributed by atoms with Crippen molar-refractivity contribution in [1.82, 2.24) is 10.3 Å². The first-order chi connectivity index (χ1) is 20.4. The predicted molar refractivity (Wildman–Crippen MR) is 168 cm³/mol. The van der Waals surface area contributed by atoms with Crippen LogP contribution in [0.25, 0.3) is 0 Å². The Morgan fingerprint density at radius 3 is 2.17 bits per heavy atom. The molecule has 42 heavy (non-hydrogen) atoms. The molecule has 0 fully saturated rings. The van der Waals surface area contributed by atoms with E-state index in [1.807, 2.05) is 42.5 Å². The normalized spacial score (nSPS) is 12.5. The fourth-order valence-electron chi connectivity index (χ4n) is 4.64. The minimum Gasteiger partial charge on any atom is -0.487 e. The van der Waals surface area contributed by atoms with Gasteiger partial charge in [-0.1, -0.05) is 88.6 Å². The Balaban J connectivity index is 1.63. The van der Waals surface area contributed by atoms with Gasteiger partial charge >= 0.3 is 7.82 Å². The van der Waals surface area contributed by atoms with Crippen LogP contribution in [0.4, 0.5) is 0 Å². The third-order valence-corrected chi connectivity index (χ3v) is 7.48. The zero-order valence-electron chi connectivity index (χ0n) is 25.3. The number of hydrogen-bond acceptors (Lipinski definition) is 5. The summed E-state index contributed by atoms with van der Waals surface area (Å²) in [5.74, 6) is 0.544. The van der Waals surface area contributed by atoms with Gasteiger partial charge in [0.25, 0.3) is 0 Å². The Morgan fingerprint density at radius 2 is 1.55 bits per heavy atom. The monoisotopic (exact) mass is 602 g/mol. The van der Waals surface area contributed by atoms with Crippen molar-refractivity contribution in [1.29, 1.82) is 0 Å². The van der Waals surface area contributed by atoms with E-state index in [9.17, 15) is 9.36 Å². The lowest BCUT2D eigenvalue weighted by Crippen LogP contribution is -2.39. The van der Waals surface area contributed by atoms with Crippen LogP contribution in [0.1, 0.15) is 108 Å². The number of unbranched alkanes of at least 4 members (excludes halogenated alkanes) is 11. The maximum absolute atomic E-state index is 12.6. The molecular formula is C33H51N2O6P. The molecule has 3 N–H and O–H groups in total. The van der Waals surface area contributed by atoms with Crippen molar-refractivity contribution in [3.63, 3.8) is 0 Å². The van der Waals surface area contributed by atoms with E-state index in [2.05, 4.69) is 29.4 Å². The smallest absolute Gasteiger partial charge is 0.469 e. The Bertz CT molecular complexity index is 1040. The molecule has 2 rings (SSSR count). The molecular weight excluding hydrogens is 551 g/mol. The van der Waals surface area contributed by atoms with Crippen LogP contribution in [-0.4, -0.2) is 33.3 Å². The number of hydrogen-bond donors (Lipinski definition) is 3. The summed E-state index contributed by atoms with van der Waals surface area (Å²) >= 11 is 0. The summed E-state index contributed by atoms with van der Waals surface area (Å²) in [5.41, 5.74) is 1.71. The Kier molecular flexibility index (Phi) is 18.8. The van der Waals surface area contributed by atoms with E-state index in [-0.39, 0.29) is 12.5 Å². The van der Waals surface area contributed by atoms with E-state index in [4.69, 9.17) is 19.0 Å². The van der Waals surface area contributed by atoms with Gasteiger partial charge in [-0.2, -0.15) is 0 Å². The minimum atomic E-state index is -4.65. The fourth-order valence-corrected chi connectivity index (χ4v) is 5.02. The average molecular weight is 603 g/mol. The van der Waals surface area contributed by atoms with Crippen LogP contribution in [-0.2, 0) is 26.9 Å². The van der Waals surface area contributed by atoms with Crippen LogP contribution in [0.3, 0.4) is 0 Å². The molecule has 8 nitrogen and oxygen atoms in total. The predicted octanol–water partition coefficient (Wildman–Crippen LogP) is 7.83. The third-order valence-electron chi connectivity index (χ3n) is 6.99. The average Bonchev–Trinajstić information content (AvgIpc) is 2.97. The minimum absolute atomic E-state index is 0.137. The largest absolute Gasteiger partial charge is 0.487 e. The van der Waals surface area contributed by atoms with Crippen molar-refractivity contribution >= 4 is 13.7 Å². The molecule has 234 valence electrons. The highest BCUT2D eigenvalue weighted by Gasteiger charge is 2.20. The highest BCUT2D eigenvalue weighted by Crippen LogP contribution is 2.35. The zero-order chi connectivity index (χ0) is 30.3. The maximum atomic E-state index is 12.6. The quantitative estimate of drug-likeness (QED) is 0.0636. The Morgan fingerprint density at radius 1 is 0.905 bits per heavy atom. The van der Waals surface area contributed by atoms with Gasteiger partial charge in [0.05, 0.1) is 18.3 Å². The summed E-state index contributed by atoms with van der Waals surface area (Å²) in [6.45, 7) is 2.32. The number of ether oxygens (including phenoxy) is 1. The molecule has 1 heterocycles. The number of rotatable bonds is 24. The lowest BCUT2D eigenvalue weighted by atomic mass is 10.1. The van der Waals surface area contributed by atoms with E-state index in [1.165, 1.54) is 51.4 Å². The summed E-state index contributed by atoms with van der Waals surface area (Å²) in [4.78, 5) is 35.1. The van der Waals surface area contributed by atoms with E-state index in [0.717, 1.165) is 43.4 Å². The van der Waals surface area contributed by atoms with E-state index < -0.39 is 13.9 Å². The van der Waals surface area contributed by atoms with Gasteiger partial charge in [0.15, 0.2) is 0 Å². The second-order valence-electron chi connectivity index (χ2n) is 10.8. The van der Waals surface area contributed by atoms with Crippen molar-refractivity contribution in [3.8, 4) is 5.75 Å². The van der Waals surface area contributed by atoms with E-state index in [1.54, 1.807) is 6.20 Å². The van der Waals surface area contributed by atoms with Crippen LogP contribution in [0.15, 0.2) is 60.8 Å². The standard InChI is InChI=1S/C33H51N2O6P/c1-2-3-4-5-6-7-8-9-10-11-12-13-14-15-16-20-33(36)35-31(28-41-42(37,38)39)26-29-21-23-32(24-22-29)40-27-30-19-17-18-25-34-30/h9-10,17-19,21-25,31H,2-8,11-16,20,26-28H2,1H3,(H,35,36)(H2,37,38,39)/b10-9+/t31-/m1/s1. The summed E-state index contributed by atoms with van der Waals surface area (Å²) in [6, 6.07) is 12.5. The molecule has 0 saturated carbocycles. The first-order valence-electron chi connectivity index (χ1n) is 15.6. The van der Waals surface area contributed by atoms with Crippen molar-refractivity contribution in [2.75, 3.05) is 6.61 Å². The number of aromatic nitrogens is 1. The van der Waals surface area contributed by atoms with Crippen molar-refractivity contribution in [2.24, 2.45) is 0 Å². The van der Waals surface area contributed by atoms with Crippen LogP contribution >= 0.6 is 7.82 Å². The maximum Gasteiger partial charge on any atom is 0.469 e. The first kappa shape index (κ1) is 35.7. The second-order valence-corrected chi connectivity index (χ2v) is 12.1. The summed E-state index contributed by atoms with van der Waals surface area (Å²) in [7, 11) is -4.65. The number of amides is 1. The molecule has 1 aromatic carbocycles. The SMILES string of the molecule is CCCCCCCC/C=C/CCCCCCCC(=O)N[C@@H](COP(=O)(O)O)Cc1ccc(OCc2ccccn2)cc1. The molecule has 1 atom stereocenters. The zero-order valence-corrected chi connectivity index (χ0v) is 26.2. The lowest BCUT2D eigenvalue weighted by Gasteiger charge is -2.19. The molecule has 0 aliphatic rings. The Labute approximate surface area is 252 Å². The van der Waals surface area contributed by atoms with Crippen molar-refractivity contribution < 1.29 is 28.4 Å². The fraction of sp³-hybridized carbons (Fsp3) is 0.576. The Hall–Kier alpha value is -2.51. The number of carbonyl (C=O) groups is 1. The topological polar surface area (TPSA) is 118 Å². The molecule has 9 heteroatoms. The number of carbonyl (C=O) groups excluding carboxylic acids is 1. The van der Waals surface area contributed by atoms with Gasteiger partial charge in [-0.05, 0) is 68.4 Å². The second kappa shape index (κ2) is 22.1.